The highest BCUT2D eigenvalue weighted by molar-refractivity contribution is 5.00. The van der Waals surface area contributed by atoms with Crippen molar-refractivity contribution in [3.63, 3.8) is 0 Å². The third kappa shape index (κ3) is 3.16. The van der Waals surface area contributed by atoms with Gasteiger partial charge < -0.3 is 9.47 Å². The molecular formula is C16H28O2. The van der Waals surface area contributed by atoms with Crippen LogP contribution in [0.1, 0.15) is 53.9 Å². The molecule has 1 saturated carbocycles. The molecule has 1 saturated heterocycles. The van der Waals surface area contributed by atoms with Crippen LogP contribution in [0.3, 0.4) is 0 Å². The van der Waals surface area contributed by atoms with Gasteiger partial charge in [0.1, 0.15) is 0 Å². The van der Waals surface area contributed by atoms with Crippen molar-refractivity contribution >= 4 is 0 Å². The maximum absolute atomic E-state index is 5.89. The normalized spacial score (nSPS) is 33.6. The van der Waals surface area contributed by atoms with Crippen LogP contribution in [-0.4, -0.2) is 19.0 Å². The minimum atomic E-state index is -0.382. The fourth-order valence-electron chi connectivity index (χ4n) is 3.37. The molecule has 0 amide bonds. The first-order valence-corrected chi connectivity index (χ1v) is 7.23. The zero-order valence-corrected chi connectivity index (χ0v) is 12.6. The predicted octanol–water partition coefficient (Wildman–Crippen LogP) is 4.16. The van der Waals surface area contributed by atoms with E-state index in [1.165, 1.54) is 24.8 Å². The van der Waals surface area contributed by atoms with Crippen LogP contribution in [0.25, 0.3) is 0 Å². The molecule has 0 radical (unpaired) electrons. The van der Waals surface area contributed by atoms with Crippen molar-refractivity contribution < 1.29 is 9.47 Å². The van der Waals surface area contributed by atoms with Crippen LogP contribution in [0.2, 0.25) is 0 Å². The van der Waals surface area contributed by atoms with Crippen molar-refractivity contribution in [1.82, 2.24) is 0 Å². The lowest BCUT2D eigenvalue weighted by atomic mass is 9.85. The van der Waals surface area contributed by atoms with Gasteiger partial charge in [0.05, 0.1) is 13.2 Å². The first kappa shape index (κ1) is 14.1. The molecular weight excluding hydrogens is 224 g/mol. The third-order valence-electron chi connectivity index (χ3n) is 4.54. The lowest BCUT2D eigenvalue weighted by Gasteiger charge is -2.41. The molecule has 2 aliphatic rings. The van der Waals surface area contributed by atoms with Crippen molar-refractivity contribution in [2.75, 3.05) is 13.2 Å². The Morgan fingerprint density at radius 3 is 2.33 bits per heavy atom. The number of allylic oxidation sites excluding steroid dienone is 2. The van der Waals surface area contributed by atoms with E-state index in [2.05, 4.69) is 26.8 Å². The van der Waals surface area contributed by atoms with Gasteiger partial charge in [-0.05, 0) is 58.8 Å². The highest BCUT2D eigenvalue weighted by Gasteiger charge is 2.47. The Hall–Kier alpha value is -0.340. The van der Waals surface area contributed by atoms with Gasteiger partial charge in [-0.25, -0.2) is 0 Å². The van der Waals surface area contributed by atoms with E-state index in [0.29, 0.717) is 0 Å². The van der Waals surface area contributed by atoms with Crippen molar-refractivity contribution in [3.8, 4) is 0 Å². The Labute approximate surface area is 112 Å². The fraction of sp³-hybridized carbons (Fsp3) is 0.875. The summed E-state index contributed by atoms with van der Waals surface area (Å²) in [6, 6.07) is 0. The maximum atomic E-state index is 5.89. The minimum absolute atomic E-state index is 0.287. The summed E-state index contributed by atoms with van der Waals surface area (Å²) in [7, 11) is 0. The van der Waals surface area contributed by atoms with E-state index >= 15 is 0 Å². The molecule has 1 aliphatic heterocycles. The molecule has 18 heavy (non-hydrogen) atoms. The molecule has 2 fully saturated rings. The maximum Gasteiger partial charge on any atom is 0.162 e. The van der Waals surface area contributed by atoms with Gasteiger partial charge in [-0.3, -0.25) is 0 Å². The van der Waals surface area contributed by atoms with Gasteiger partial charge >= 0.3 is 0 Å². The monoisotopic (exact) mass is 252 g/mol. The predicted molar refractivity (Wildman–Crippen MR) is 74.4 cm³/mol. The molecule has 1 heterocycles. The van der Waals surface area contributed by atoms with E-state index < -0.39 is 0 Å². The van der Waals surface area contributed by atoms with Gasteiger partial charge in [-0.2, -0.15) is 0 Å². The number of hydrogen-bond donors (Lipinski definition) is 0. The van der Waals surface area contributed by atoms with Crippen LogP contribution < -0.4 is 0 Å². The molecule has 0 aromatic heterocycles. The first-order valence-electron chi connectivity index (χ1n) is 7.23. The first-order chi connectivity index (χ1) is 8.32. The Morgan fingerprint density at radius 2 is 1.78 bits per heavy atom. The highest BCUT2D eigenvalue weighted by Crippen LogP contribution is 2.50. The zero-order valence-electron chi connectivity index (χ0n) is 12.6. The molecule has 1 aliphatic carbocycles. The summed E-state index contributed by atoms with van der Waals surface area (Å²) in [6.07, 6.45) is 6.11. The van der Waals surface area contributed by atoms with E-state index in [4.69, 9.17) is 9.47 Å². The second-order valence-corrected chi connectivity index (χ2v) is 7.14. The van der Waals surface area contributed by atoms with E-state index in [-0.39, 0.29) is 11.2 Å². The van der Waals surface area contributed by atoms with Crippen molar-refractivity contribution in [3.05, 3.63) is 11.6 Å². The smallest absolute Gasteiger partial charge is 0.162 e. The third-order valence-corrected chi connectivity index (χ3v) is 4.54. The second kappa shape index (κ2) is 4.97. The van der Waals surface area contributed by atoms with Crippen molar-refractivity contribution in [1.29, 1.82) is 0 Å². The summed E-state index contributed by atoms with van der Waals surface area (Å²) in [5.74, 6) is 1.20. The van der Waals surface area contributed by atoms with E-state index in [9.17, 15) is 0 Å². The second-order valence-electron chi connectivity index (χ2n) is 7.14. The van der Waals surface area contributed by atoms with E-state index in [0.717, 1.165) is 25.0 Å². The number of ether oxygens (including phenoxy) is 2. The molecule has 0 aromatic carbocycles. The molecule has 0 N–H and O–H groups in total. The Bertz CT molecular complexity index is 316. The van der Waals surface area contributed by atoms with Gasteiger partial charge in [-0.15, -0.1) is 0 Å². The zero-order chi connectivity index (χ0) is 13.4. The van der Waals surface area contributed by atoms with Gasteiger partial charge in [0.25, 0.3) is 0 Å². The SMILES string of the molecule is CC(C)=CC[C@@H]1CC2(COC(C)(C)OC2)C[C@H]1C. The average molecular weight is 252 g/mol. The summed E-state index contributed by atoms with van der Waals surface area (Å²) < 4.78 is 11.8. The quantitative estimate of drug-likeness (QED) is 0.687. The van der Waals surface area contributed by atoms with Crippen molar-refractivity contribution in [2.24, 2.45) is 17.3 Å². The summed E-state index contributed by atoms with van der Waals surface area (Å²) in [6.45, 7) is 12.5. The standard InChI is InChI=1S/C16H28O2/c1-12(2)6-7-14-9-16(8-13(14)3)10-17-15(4,5)18-11-16/h6,13-14H,7-11H2,1-5H3/t13-,14-/m1/s1. The molecule has 1 spiro atoms. The van der Waals surface area contributed by atoms with E-state index in [1.54, 1.807) is 0 Å². The Kier molecular flexibility index (Phi) is 3.89. The molecule has 0 aromatic rings. The fourth-order valence-corrected chi connectivity index (χ4v) is 3.37. The lowest BCUT2D eigenvalue weighted by Crippen LogP contribution is -2.45. The molecule has 0 unspecified atom stereocenters. The Balaban J connectivity index is 1.96. The van der Waals surface area contributed by atoms with Crippen LogP contribution in [-0.2, 0) is 9.47 Å². The number of hydrogen-bond acceptors (Lipinski definition) is 2. The molecule has 2 rings (SSSR count). The van der Waals surface area contributed by atoms with Crippen molar-refractivity contribution in [2.45, 2.75) is 59.7 Å². The summed E-state index contributed by atoms with van der Waals surface area (Å²) in [4.78, 5) is 0. The Morgan fingerprint density at radius 1 is 1.17 bits per heavy atom. The molecule has 2 heteroatoms. The van der Waals surface area contributed by atoms with Gasteiger partial charge in [-0.1, -0.05) is 18.6 Å². The highest BCUT2D eigenvalue weighted by atomic mass is 16.7. The molecule has 2 nitrogen and oxygen atoms in total. The van der Waals surface area contributed by atoms with Gasteiger partial charge in [0.15, 0.2) is 5.79 Å². The number of rotatable bonds is 2. The molecule has 104 valence electrons. The average Bonchev–Trinajstić information content (AvgIpc) is 2.58. The topological polar surface area (TPSA) is 18.5 Å². The van der Waals surface area contributed by atoms with Crippen LogP contribution in [0, 0.1) is 17.3 Å². The van der Waals surface area contributed by atoms with Crippen LogP contribution >= 0.6 is 0 Å². The van der Waals surface area contributed by atoms with Crippen LogP contribution in [0.15, 0.2) is 11.6 Å². The summed E-state index contributed by atoms with van der Waals surface area (Å²) >= 11 is 0. The largest absolute Gasteiger partial charge is 0.350 e. The summed E-state index contributed by atoms with van der Waals surface area (Å²) in [5, 5.41) is 0. The van der Waals surface area contributed by atoms with Gasteiger partial charge in [0, 0.05) is 5.41 Å². The summed E-state index contributed by atoms with van der Waals surface area (Å²) in [5.41, 5.74) is 1.72. The van der Waals surface area contributed by atoms with E-state index in [1.807, 2.05) is 13.8 Å². The molecule has 2 atom stereocenters. The minimum Gasteiger partial charge on any atom is -0.350 e. The lowest BCUT2D eigenvalue weighted by molar-refractivity contribution is -0.285. The van der Waals surface area contributed by atoms with Crippen LogP contribution in [0.4, 0.5) is 0 Å². The van der Waals surface area contributed by atoms with Crippen LogP contribution in [0.5, 0.6) is 0 Å². The molecule has 0 bridgehead atoms. The van der Waals surface area contributed by atoms with Gasteiger partial charge in [0.2, 0.25) is 0 Å².